The van der Waals surface area contributed by atoms with Crippen LogP contribution in [0, 0.1) is 5.92 Å². The van der Waals surface area contributed by atoms with Gasteiger partial charge in [0.25, 0.3) is 0 Å². The van der Waals surface area contributed by atoms with Gasteiger partial charge >= 0.3 is 0 Å². The second-order valence-electron chi connectivity index (χ2n) is 5.59. The Morgan fingerprint density at radius 2 is 2.11 bits per heavy atom. The number of benzene rings is 1. The monoisotopic (exact) mass is 259 g/mol. The molecule has 3 heteroatoms. The van der Waals surface area contributed by atoms with Gasteiger partial charge in [-0.25, -0.2) is 0 Å². The van der Waals surface area contributed by atoms with Crippen LogP contribution in [0.15, 0.2) is 18.2 Å². The summed E-state index contributed by atoms with van der Waals surface area (Å²) in [5.41, 5.74) is 1.72. The highest BCUT2D eigenvalue weighted by atomic mass is 16.5. The van der Waals surface area contributed by atoms with Crippen LogP contribution in [0.4, 0.5) is 5.69 Å². The summed E-state index contributed by atoms with van der Waals surface area (Å²) in [4.78, 5) is 12.5. The molecular formula is C16H21NO2. The van der Waals surface area contributed by atoms with E-state index in [9.17, 15) is 4.79 Å². The molecule has 0 atom stereocenters. The lowest BCUT2D eigenvalue weighted by molar-refractivity contribution is 0.0946. The molecule has 0 bridgehead atoms. The van der Waals surface area contributed by atoms with Crippen LogP contribution < -0.4 is 10.1 Å². The van der Waals surface area contributed by atoms with Gasteiger partial charge in [0, 0.05) is 13.0 Å². The van der Waals surface area contributed by atoms with Gasteiger partial charge in [-0.15, -0.1) is 0 Å². The molecule has 1 fully saturated rings. The van der Waals surface area contributed by atoms with Gasteiger partial charge in [0.2, 0.25) is 0 Å². The molecule has 102 valence electrons. The van der Waals surface area contributed by atoms with Crippen molar-refractivity contribution in [2.75, 3.05) is 18.5 Å². The van der Waals surface area contributed by atoms with Crippen molar-refractivity contribution in [1.29, 1.82) is 0 Å². The minimum absolute atomic E-state index is 0.243. The summed E-state index contributed by atoms with van der Waals surface area (Å²) in [6.07, 6.45) is 6.99. The molecule has 0 amide bonds. The van der Waals surface area contributed by atoms with E-state index in [1.54, 1.807) is 0 Å². The molecule has 1 heterocycles. The van der Waals surface area contributed by atoms with Crippen molar-refractivity contribution in [2.45, 2.75) is 38.5 Å². The Hall–Kier alpha value is -1.51. The number of rotatable bonds is 3. The number of carbonyl (C=O) groups excluding carboxylic acids is 1. The number of fused-ring (bicyclic) bond motifs is 1. The maximum atomic E-state index is 12.5. The predicted molar refractivity (Wildman–Crippen MR) is 75.9 cm³/mol. The van der Waals surface area contributed by atoms with E-state index in [2.05, 4.69) is 5.32 Å². The average molecular weight is 259 g/mol. The van der Waals surface area contributed by atoms with E-state index in [4.69, 9.17) is 4.74 Å². The number of carbonyl (C=O) groups is 1. The van der Waals surface area contributed by atoms with Gasteiger partial charge in [-0.05, 0) is 18.1 Å². The van der Waals surface area contributed by atoms with Crippen molar-refractivity contribution in [3.05, 3.63) is 23.8 Å². The molecule has 0 saturated heterocycles. The highest BCUT2D eigenvalue weighted by Gasteiger charge is 2.22. The molecule has 1 aromatic rings. The van der Waals surface area contributed by atoms with Crippen LogP contribution in [0.25, 0.3) is 0 Å². The number of ketones is 1. The van der Waals surface area contributed by atoms with Crippen LogP contribution in [-0.4, -0.2) is 18.9 Å². The van der Waals surface area contributed by atoms with Crippen molar-refractivity contribution in [3.8, 4) is 5.75 Å². The highest BCUT2D eigenvalue weighted by Crippen LogP contribution is 2.34. The first-order valence-corrected chi connectivity index (χ1v) is 7.37. The Balaban J connectivity index is 1.75. The molecule has 2 aliphatic rings. The van der Waals surface area contributed by atoms with Crippen molar-refractivity contribution < 1.29 is 9.53 Å². The van der Waals surface area contributed by atoms with E-state index in [-0.39, 0.29) is 5.78 Å². The van der Waals surface area contributed by atoms with E-state index in [1.165, 1.54) is 32.1 Å². The maximum Gasteiger partial charge on any atom is 0.166 e. The normalized spacial score (nSPS) is 19.2. The Labute approximate surface area is 114 Å². The van der Waals surface area contributed by atoms with E-state index in [0.717, 1.165) is 23.5 Å². The van der Waals surface area contributed by atoms with Crippen LogP contribution in [-0.2, 0) is 0 Å². The zero-order valence-electron chi connectivity index (χ0n) is 11.3. The molecule has 1 aromatic carbocycles. The van der Waals surface area contributed by atoms with Gasteiger partial charge in [-0.2, -0.15) is 0 Å². The van der Waals surface area contributed by atoms with Gasteiger partial charge in [-0.1, -0.05) is 38.2 Å². The molecule has 3 nitrogen and oxygen atoms in total. The maximum absolute atomic E-state index is 12.5. The number of anilines is 1. The summed E-state index contributed by atoms with van der Waals surface area (Å²) in [5, 5.41) is 3.28. The number of Topliss-reactive ketones (excluding diaryl/α,β-unsaturated/α-hetero) is 1. The Morgan fingerprint density at radius 3 is 2.95 bits per heavy atom. The summed E-state index contributed by atoms with van der Waals surface area (Å²) < 4.78 is 5.68. The Bertz CT molecular complexity index is 464. The van der Waals surface area contributed by atoms with E-state index >= 15 is 0 Å². The van der Waals surface area contributed by atoms with E-state index in [1.807, 2.05) is 18.2 Å². The molecule has 1 aliphatic carbocycles. The Kier molecular flexibility index (Phi) is 3.72. The SMILES string of the molecule is O=C(CC1CCCCC1)c1cccc2c1OCCN2. The first-order chi connectivity index (χ1) is 9.34. The molecular weight excluding hydrogens is 238 g/mol. The molecule has 0 spiro atoms. The zero-order valence-corrected chi connectivity index (χ0v) is 11.3. The molecule has 1 saturated carbocycles. The summed E-state index contributed by atoms with van der Waals surface area (Å²) in [6.45, 7) is 1.45. The molecule has 19 heavy (non-hydrogen) atoms. The van der Waals surface area contributed by atoms with Gasteiger partial charge < -0.3 is 10.1 Å². The van der Waals surface area contributed by atoms with Crippen molar-refractivity contribution >= 4 is 11.5 Å². The zero-order chi connectivity index (χ0) is 13.1. The number of para-hydroxylation sites is 1. The summed E-state index contributed by atoms with van der Waals surface area (Å²) >= 11 is 0. The number of hydrogen-bond donors (Lipinski definition) is 1. The van der Waals surface area contributed by atoms with Gasteiger partial charge in [0.15, 0.2) is 11.5 Å². The van der Waals surface area contributed by atoms with Crippen LogP contribution in [0.1, 0.15) is 48.9 Å². The quantitative estimate of drug-likeness (QED) is 0.842. The van der Waals surface area contributed by atoms with Crippen LogP contribution in [0.2, 0.25) is 0 Å². The molecule has 3 rings (SSSR count). The fourth-order valence-electron chi connectivity index (χ4n) is 3.15. The number of ether oxygens (including phenoxy) is 1. The van der Waals surface area contributed by atoms with E-state index < -0.39 is 0 Å². The molecule has 0 unspecified atom stereocenters. The fourth-order valence-corrected chi connectivity index (χ4v) is 3.15. The largest absolute Gasteiger partial charge is 0.489 e. The molecule has 1 N–H and O–H groups in total. The smallest absolute Gasteiger partial charge is 0.166 e. The lowest BCUT2D eigenvalue weighted by atomic mass is 9.84. The van der Waals surface area contributed by atoms with Gasteiger partial charge in [-0.3, -0.25) is 4.79 Å². The van der Waals surface area contributed by atoms with Crippen LogP contribution >= 0.6 is 0 Å². The molecule has 0 radical (unpaired) electrons. The summed E-state index contributed by atoms with van der Waals surface area (Å²) in [7, 11) is 0. The topological polar surface area (TPSA) is 38.3 Å². The molecule has 0 aromatic heterocycles. The summed E-state index contributed by atoms with van der Waals surface area (Å²) in [5.74, 6) is 1.58. The van der Waals surface area contributed by atoms with Gasteiger partial charge in [0.05, 0.1) is 11.3 Å². The minimum atomic E-state index is 0.243. The number of hydrogen-bond acceptors (Lipinski definition) is 3. The van der Waals surface area contributed by atoms with Crippen molar-refractivity contribution in [2.24, 2.45) is 5.92 Å². The predicted octanol–water partition coefficient (Wildman–Crippen LogP) is 3.64. The van der Waals surface area contributed by atoms with Crippen LogP contribution in [0.5, 0.6) is 5.75 Å². The van der Waals surface area contributed by atoms with Crippen molar-refractivity contribution in [1.82, 2.24) is 0 Å². The van der Waals surface area contributed by atoms with Crippen LogP contribution in [0.3, 0.4) is 0 Å². The first-order valence-electron chi connectivity index (χ1n) is 7.37. The lowest BCUT2D eigenvalue weighted by Crippen LogP contribution is -2.20. The highest BCUT2D eigenvalue weighted by molar-refractivity contribution is 6.00. The third-order valence-corrected chi connectivity index (χ3v) is 4.18. The third kappa shape index (κ3) is 2.75. The van der Waals surface area contributed by atoms with Gasteiger partial charge in [0.1, 0.15) is 6.61 Å². The second kappa shape index (κ2) is 5.64. The Morgan fingerprint density at radius 1 is 1.26 bits per heavy atom. The van der Waals surface area contributed by atoms with E-state index in [0.29, 0.717) is 18.9 Å². The summed E-state index contributed by atoms with van der Waals surface area (Å²) in [6, 6.07) is 5.82. The second-order valence-corrected chi connectivity index (χ2v) is 5.59. The lowest BCUT2D eigenvalue weighted by Gasteiger charge is -2.23. The molecule has 1 aliphatic heterocycles. The van der Waals surface area contributed by atoms with Crippen molar-refractivity contribution in [3.63, 3.8) is 0 Å². The fraction of sp³-hybridized carbons (Fsp3) is 0.562. The minimum Gasteiger partial charge on any atom is -0.489 e. The standard InChI is InChI=1S/C16H21NO2/c18-15(11-12-5-2-1-3-6-12)13-7-4-8-14-16(13)19-10-9-17-14/h4,7-8,12,17H,1-3,5-6,9-11H2. The average Bonchev–Trinajstić information content (AvgIpc) is 2.47. The number of nitrogens with one attached hydrogen (secondary N) is 1. The first kappa shape index (κ1) is 12.5. The third-order valence-electron chi connectivity index (χ3n) is 4.18.